The number of carbonyl (C=O) groups is 1. The average molecular weight is 396 g/mol. The highest BCUT2D eigenvalue weighted by Crippen LogP contribution is 2.36. The molecule has 0 radical (unpaired) electrons. The quantitative estimate of drug-likeness (QED) is 0.826. The van der Waals surface area contributed by atoms with E-state index in [9.17, 15) is 9.90 Å². The average Bonchev–Trinajstić information content (AvgIpc) is 2.91. The number of nitrogens with zero attached hydrogens (tertiary/aromatic N) is 3. The van der Waals surface area contributed by atoms with E-state index in [4.69, 9.17) is 16.3 Å². The Kier molecular flexibility index (Phi) is 6.82. The lowest BCUT2D eigenvalue weighted by molar-refractivity contribution is 0.105. The molecule has 27 heavy (non-hydrogen) atoms. The standard InChI is InChI=1S/C20H30ClN3O3/c1-3-16-12-17(5-4-8-24(16)20(25)26)23-9-6-14(7-10-23)18-11-15(21)13-22-19(18)27-2/h11,13-14,16-17H,3-10,12H2,1-2H3,(H,25,26). The monoisotopic (exact) mass is 395 g/mol. The highest BCUT2D eigenvalue weighted by molar-refractivity contribution is 6.30. The summed E-state index contributed by atoms with van der Waals surface area (Å²) in [6, 6.07) is 2.58. The Morgan fingerprint density at radius 3 is 2.70 bits per heavy atom. The van der Waals surface area contributed by atoms with Crippen LogP contribution in [-0.4, -0.2) is 64.8 Å². The highest BCUT2D eigenvalue weighted by atomic mass is 35.5. The van der Waals surface area contributed by atoms with E-state index in [2.05, 4.69) is 16.8 Å². The molecule has 0 bridgehead atoms. The number of methoxy groups -OCH3 is 1. The number of pyridine rings is 1. The summed E-state index contributed by atoms with van der Waals surface area (Å²) in [6.07, 6.45) is 6.79. The van der Waals surface area contributed by atoms with Crippen LogP contribution >= 0.6 is 11.6 Å². The second-order valence-corrected chi connectivity index (χ2v) is 8.07. The normalized spacial score (nSPS) is 25.2. The van der Waals surface area contributed by atoms with Crippen LogP contribution in [0.4, 0.5) is 4.79 Å². The summed E-state index contributed by atoms with van der Waals surface area (Å²) in [6.45, 7) is 4.79. The Morgan fingerprint density at radius 1 is 1.33 bits per heavy atom. The third-order valence-corrected chi connectivity index (χ3v) is 6.37. The van der Waals surface area contributed by atoms with Crippen LogP contribution in [0.2, 0.25) is 5.02 Å². The largest absolute Gasteiger partial charge is 0.481 e. The Labute approximate surface area is 166 Å². The number of aromatic nitrogens is 1. The molecule has 3 heterocycles. The third kappa shape index (κ3) is 4.66. The van der Waals surface area contributed by atoms with Crippen LogP contribution in [0.3, 0.4) is 0 Å². The van der Waals surface area contributed by atoms with Crippen molar-refractivity contribution in [2.24, 2.45) is 0 Å². The van der Waals surface area contributed by atoms with E-state index >= 15 is 0 Å². The number of hydrogen-bond acceptors (Lipinski definition) is 4. The van der Waals surface area contributed by atoms with E-state index in [0.29, 0.717) is 29.4 Å². The fraction of sp³-hybridized carbons (Fsp3) is 0.700. The van der Waals surface area contributed by atoms with E-state index in [-0.39, 0.29) is 6.04 Å². The molecule has 1 aromatic heterocycles. The van der Waals surface area contributed by atoms with Gasteiger partial charge in [0.25, 0.3) is 0 Å². The lowest BCUT2D eigenvalue weighted by atomic mass is 9.88. The van der Waals surface area contributed by atoms with Gasteiger partial charge >= 0.3 is 6.09 Å². The van der Waals surface area contributed by atoms with Gasteiger partial charge in [0.1, 0.15) is 0 Å². The maximum absolute atomic E-state index is 11.5. The molecule has 150 valence electrons. The molecular formula is C20H30ClN3O3. The van der Waals surface area contributed by atoms with Crippen LogP contribution in [0.25, 0.3) is 0 Å². The molecule has 2 aliphatic rings. The predicted octanol–water partition coefficient (Wildman–Crippen LogP) is 4.23. The van der Waals surface area contributed by atoms with Crippen molar-refractivity contribution in [3.63, 3.8) is 0 Å². The molecule has 1 amide bonds. The first-order chi connectivity index (χ1) is 13.0. The molecule has 0 spiro atoms. The van der Waals surface area contributed by atoms with E-state index in [1.807, 2.05) is 6.07 Å². The summed E-state index contributed by atoms with van der Waals surface area (Å²) < 4.78 is 5.43. The smallest absolute Gasteiger partial charge is 0.407 e. The molecule has 7 heteroatoms. The van der Waals surface area contributed by atoms with Gasteiger partial charge in [-0.3, -0.25) is 0 Å². The van der Waals surface area contributed by atoms with Crippen molar-refractivity contribution in [2.45, 2.75) is 63.5 Å². The van der Waals surface area contributed by atoms with Gasteiger partial charge in [0.2, 0.25) is 5.88 Å². The van der Waals surface area contributed by atoms with Crippen molar-refractivity contribution < 1.29 is 14.6 Å². The molecule has 2 unspecified atom stereocenters. The van der Waals surface area contributed by atoms with E-state index in [1.54, 1.807) is 18.2 Å². The van der Waals surface area contributed by atoms with Crippen LogP contribution in [0.1, 0.15) is 56.9 Å². The fourth-order valence-electron chi connectivity index (χ4n) is 4.69. The lowest BCUT2D eigenvalue weighted by Gasteiger charge is -2.39. The molecule has 0 aromatic carbocycles. The Bertz CT molecular complexity index is 649. The Morgan fingerprint density at radius 2 is 2.07 bits per heavy atom. The summed E-state index contributed by atoms with van der Waals surface area (Å²) in [4.78, 5) is 20.1. The third-order valence-electron chi connectivity index (χ3n) is 6.16. The highest BCUT2D eigenvalue weighted by Gasteiger charge is 2.33. The zero-order chi connectivity index (χ0) is 19.4. The number of ether oxygens (including phenoxy) is 1. The van der Waals surface area contributed by atoms with Crippen molar-refractivity contribution in [1.29, 1.82) is 0 Å². The molecule has 2 saturated heterocycles. The minimum Gasteiger partial charge on any atom is -0.481 e. The molecule has 3 rings (SSSR count). The van der Waals surface area contributed by atoms with Gasteiger partial charge in [0.15, 0.2) is 0 Å². The molecule has 0 aliphatic carbocycles. The molecule has 6 nitrogen and oxygen atoms in total. The van der Waals surface area contributed by atoms with Crippen LogP contribution in [0.15, 0.2) is 12.3 Å². The minimum atomic E-state index is -0.776. The van der Waals surface area contributed by atoms with Gasteiger partial charge < -0.3 is 19.6 Å². The fourth-order valence-corrected chi connectivity index (χ4v) is 4.86. The molecule has 2 aliphatic heterocycles. The zero-order valence-corrected chi connectivity index (χ0v) is 17.0. The van der Waals surface area contributed by atoms with Crippen LogP contribution < -0.4 is 4.74 Å². The number of halogens is 1. The minimum absolute atomic E-state index is 0.130. The summed E-state index contributed by atoms with van der Waals surface area (Å²) in [7, 11) is 1.65. The van der Waals surface area contributed by atoms with Crippen LogP contribution in [0.5, 0.6) is 5.88 Å². The first kappa shape index (κ1) is 20.2. The lowest BCUT2D eigenvalue weighted by Crippen LogP contribution is -2.44. The number of amides is 1. The summed E-state index contributed by atoms with van der Waals surface area (Å²) in [5.74, 6) is 1.08. The number of piperidine rings is 1. The van der Waals surface area contributed by atoms with Gasteiger partial charge in [-0.25, -0.2) is 9.78 Å². The van der Waals surface area contributed by atoms with Gasteiger partial charge in [-0.1, -0.05) is 18.5 Å². The topological polar surface area (TPSA) is 65.9 Å². The van der Waals surface area contributed by atoms with Crippen molar-refractivity contribution in [2.75, 3.05) is 26.7 Å². The van der Waals surface area contributed by atoms with Gasteiger partial charge in [-0.05, 0) is 63.6 Å². The van der Waals surface area contributed by atoms with Gasteiger partial charge in [0, 0.05) is 30.4 Å². The first-order valence-corrected chi connectivity index (χ1v) is 10.3. The molecular weight excluding hydrogens is 366 g/mol. The summed E-state index contributed by atoms with van der Waals surface area (Å²) in [5, 5.41) is 10.1. The van der Waals surface area contributed by atoms with Gasteiger partial charge in [-0.2, -0.15) is 0 Å². The second kappa shape index (κ2) is 9.11. The number of hydrogen-bond donors (Lipinski definition) is 1. The summed E-state index contributed by atoms with van der Waals surface area (Å²) in [5.41, 5.74) is 1.11. The number of likely N-dealkylation sites (tertiary alicyclic amines) is 2. The molecule has 1 aromatic rings. The number of carboxylic acid groups (broad SMARTS) is 1. The number of rotatable bonds is 4. The molecule has 0 saturated carbocycles. The van der Waals surface area contributed by atoms with E-state index in [0.717, 1.165) is 57.2 Å². The Hall–Kier alpha value is -1.53. The van der Waals surface area contributed by atoms with Crippen molar-refractivity contribution in [3.05, 3.63) is 22.8 Å². The molecule has 2 atom stereocenters. The molecule has 1 N–H and O–H groups in total. The predicted molar refractivity (Wildman–Crippen MR) is 106 cm³/mol. The SMILES string of the molecule is CCC1CC(N2CCC(c3cc(Cl)cnc3OC)CC2)CCCN1C(=O)O. The molecule has 2 fully saturated rings. The van der Waals surface area contributed by atoms with Crippen molar-refractivity contribution in [3.8, 4) is 5.88 Å². The second-order valence-electron chi connectivity index (χ2n) is 7.63. The summed E-state index contributed by atoms with van der Waals surface area (Å²) >= 11 is 6.15. The first-order valence-electron chi connectivity index (χ1n) is 9.96. The maximum Gasteiger partial charge on any atom is 0.407 e. The van der Waals surface area contributed by atoms with Crippen LogP contribution in [0, 0.1) is 0 Å². The van der Waals surface area contributed by atoms with Crippen molar-refractivity contribution >= 4 is 17.7 Å². The maximum atomic E-state index is 11.5. The van der Waals surface area contributed by atoms with Gasteiger partial charge in [0.05, 0.1) is 12.1 Å². The van der Waals surface area contributed by atoms with Crippen LogP contribution in [-0.2, 0) is 0 Å². The Balaban J connectivity index is 1.64. The van der Waals surface area contributed by atoms with E-state index in [1.165, 1.54) is 0 Å². The van der Waals surface area contributed by atoms with Crippen molar-refractivity contribution in [1.82, 2.24) is 14.8 Å². The van der Waals surface area contributed by atoms with Gasteiger partial charge in [-0.15, -0.1) is 0 Å². The van der Waals surface area contributed by atoms with E-state index < -0.39 is 6.09 Å². The zero-order valence-electron chi connectivity index (χ0n) is 16.2.